The molecule has 0 aliphatic heterocycles. The zero-order valence-corrected chi connectivity index (χ0v) is 16.0. The average molecular weight is 378 g/mol. The molecule has 5 nitrogen and oxygen atoms in total. The molecule has 0 spiro atoms. The molecule has 2 aromatic rings. The van der Waals surface area contributed by atoms with E-state index in [4.69, 9.17) is 0 Å². The molecular weight excluding hydrogens is 355 g/mol. The third-order valence-corrected chi connectivity index (χ3v) is 5.34. The number of hydrogen-bond acceptors (Lipinski definition) is 3. The van der Waals surface area contributed by atoms with E-state index >= 15 is 0 Å². The van der Waals surface area contributed by atoms with Crippen molar-refractivity contribution in [3.63, 3.8) is 0 Å². The Balaban J connectivity index is 2.25. The normalized spacial score (nSPS) is 13.7. The molecule has 0 aromatic heterocycles. The van der Waals surface area contributed by atoms with Crippen LogP contribution in [-0.2, 0) is 14.8 Å². The number of nitrogens with one attached hydrogen (secondary N) is 1. The molecule has 0 saturated heterocycles. The molecule has 26 heavy (non-hydrogen) atoms. The molecule has 1 amide bonds. The first kappa shape index (κ1) is 19.9. The Labute approximate surface area is 153 Å². The van der Waals surface area contributed by atoms with Gasteiger partial charge in [0.05, 0.1) is 18.0 Å². The maximum atomic E-state index is 14.1. The van der Waals surface area contributed by atoms with Gasteiger partial charge in [0.2, 0.25) is 15.9 Å². The monoisotopic (exact) mass is 378 g/mol. The van der Waals surface area contributed by atoms with E-state index in [9.17, 15) is 17.6 Å². The zero-order valence-electron chi connectivity index (χ0n) is 15.2. The summed E-state index contributed by atoms with van der Waals surface area (Å²) in [5.41, 5.74) is 1.84. The van der Waals surface area contributed by atoms with E-state index in [1.54, 1.807) is 0 Å². The van der Waals surface area contributed by atoms with Crippen molar-refractivity contribution in [2.75, 3.05) is 10.6 Å². The Hall–Kier alpha value is -2.41. The summed E-state index contributed by atoms with van der Waals surface area (Å²) in [5.74, 6) is -1.21. The van der Waals surface area contributed by atoms with Crippen LogP contribution >= 0.6 is 0 Å². The van der Waals surface area contributed by atoms with E-state index < -0.39 is 27.8 Å². The minimum Gasteiger partial charge on any atom is -0.348 e. The minimum atomic E-state index is -3.86. The number of carbonyl (C=O) groups is 1. The molecule has 2 rings (SSSR count). The molecule has 140 valence electrons. The molecule has 0 saturated carbocycles. The number of rotatable bonds is 6. The lowest BCUT2D eigenvalue weighted by atomic mass is 10.1. The van der Waals surface area contributed by atoms with Gasteiger partial charge in [-0.3, -0.25) is 9.10 Å². The van der Waals surface area contributed by atoms with E-state index in [-0.39, 0.29) is 11.7 Å². The molecule has 0 aliphatic rings. The number of amides is 1. The molecule has 2 atom stereocenters. The van der Waals surface area contributed by atoms with E-state index in [1.165, 1.54) is 25.1 Å². The molecule has 0 aliphatic carbocycles. The number of anilines is 1. The highest BCUT2D eigenvalue weighted by molar-refractivity contribution is 7.92. The number of hydrogen-bond donors (Lipinski definition) is 1. The van der Waals surface area contributed by atoms with Gasteiger partial charge >= 0.3 is 0 Å². The lowest BCUT2D eigenvalue weighted by Gasteiger charge is -2.29. The van der Waals surface area contributed by atoms with Crippen LogP contribution in [0.3, 0.4) is 0 Å². The predicted octanol–water partition coefficient (Wildman–Crippen LogP) is 3.17. The molecule has 0 radical (unpaired) electrons. The predicted molar refractivity (Wildman–Crippen MR) is 101 cm³/mol. The van der Waals surface area contributed by atoms with Crippen molar-refractivity contribution in [2.45, 2.75) is 32.9 Å². The van der Waals surface area contributed by atoms with Crippen LogP contribution in [0.4, 0.5) is 10.1 Å². The Bertz CT molecular complexity index is 882. The molecule has 0 heterocycles. The van der Waals surface area contributed by atoms with Gasteiger partial charge in [0.25, 0.3) is 0 Å². The van der Waals surface area contributed by atoms with Crippen molar-refractivity contribution in [3.8, 4) is 0 Å². The van der Waals surface area contributed by atoms with Gasteiger partial charge in [0.15, 0.2) is 0 Å². The Morgan fingerprint density at radius 3 is 2.19 bits per heavy atom. The van der Waals surface area contributed by atoms with Gasteiger partial charge in [-0.2, -0.15) is 0 Å². The van der Waals surface area contributed by atoms with Crippen LogP contribution in [0.1, 0.15) is 31.0 Å². The number of aryl methyl sites for hydroxylation is 1. The van der Waals surface area contributed by atoms with Gasteiger partial charge in [-0.1, -0.05) is 42.0 Å². The van der Waals surface area contributed by atoms with Crippen LogP contribution in [0.25, 0.3) is 0 Å². The smallest absolute Gasteiger partial charge is 0.244 e. The number of carbonyl (C=O) groups excluding carboxylic acids is 1. The summed E-state index contributed by atoms with van der Waals surface area (Å²) < 4.78 is 39.3. The van der Waals surface area contributed by atoms with E-state index in [0.717, 1.165) is 27.8 Å². The van der Waals surface area contributed by atoms with Crippen molar-refractivity contribution in [1.29, 1.82) is 0 Å². The van der Waals surface area contributed by atoms with E-state index in [2.05, 4.69) is 5.32 Å². The first-order valence-electron chi connectivity index (χ1n) is 8.22. The molecule has 7 heteroatoms. The molecular formula is C19H23FN2O3S. The van der Waals surface area contributed by atoms with Crippen LogP contribution in [-0.4, -0.2) is 26.6 Å². The van der Waals surface area contributed by atoms with Gasteiger partial charge in [0.1, 0.15) is 11.9 Å². The first-order chi connectivity index (χ1) is 12.1. The summed E-state index contributed by atoms with van der Waals surface area (Å²) >= 11 is 0. The quantitative estimate of drug-likeness (QED) is 0.840. The number of benzene rings is 2. The second-order valence-corrected chi connectivity index (χ2v) is 8.19. The number of halogens is 1. The largest absolute Gasteiger partial charge is 0.348 e. The molecule has 2 aromatic carbocycles. The standard InChI is InChI=1S/C19H23FN2O3S/c1-13-9-11-16(12-10-13)14(2)21-19(23)15(3)22(26(4,24)25)18-8-6-5-7-17(18)20/h5-12,14-15H,1-4H3,(H,21,23)/t14-,15-/m0/s1. The van der Waals surface area contributed by atoms with Gasteiger partial charge in [-0.15, -0.1) is 0 Å². The molecule has 0 unspecified atom stereocenters. The lowest BCUT2D eigenvalue weighted by Crippen LogP contribution is -2.48. The van der Waals surface area contributed by atoms with Crippen LogP contribution < -0.4 is 9.62 Å². The highest BCUT2D eigenvalue weighted by Crippen LogP contribution is 2.24. The van der Waals surface area contributed by atoms with Crippen LogP contribution in [0.5, 0.6) is 0 Å². The number of nitrogens with zero attached hydrogens (tertiary/aromatic N) is 1. The van der Waals surface area contributed by atoms with Gasteiger partial charge < -0.3 is 5.32 Å². The van der Waals surface area contributed by atoms with Crippen molar-refractivity contribution in [1.82, 2.24) is 5.32 Å². The fourth-order valence-electron chi connectivity index (χ4n) is 2.68. The highest BCUT2D eigenvalue weighted by atomic mass is 32.2. The van der Waals surface area contributed by atoms with E-state index in [1.807, 2.05) is 38.1 Å². The van der Waals surface area contributed by atoms with Crippen molar-refractivity contribution >= 4 is 21.6 Å². The Morgan fingerprint density at radius 2 is 1.65 bits per heavy atom. The summed E-state index contributed by atoms with van der Waals surface area (Å²) in [6.45, 7) is 5.21. The average Bonchev–Trinajstić information content (AvgIpc) is 2.56. The third-order valence-electron chi connectivity index (χ3n) is 4.11. The summed E-state index contributed by atoms with van der Waals surface area (Å²) in [6, 6.07) is 11.7. The van der Waals surface area contributed by atoms with Crippen molar-refractivity contribution < 1.29 is 17.6 Å². The maximum absolute atomic E-state index is 14.1. The molecule has 0 fully saturated rings. The number of sulfonamides is 1. The highest BCUT2D eigenvalue weighted by Gasteiger charge is 2.31. The fourth-order valence-corrected chi connectivity index (χ4v) is 3.86. The Kier molecular flexibility index (Phi) is 6.02. The summed E-state index contributed by atoms with van der Waals surface area (Å²) in [5, 5.41) is 2.79. The van der Waals surface area contributed by atoms with Crippen LogP contribution in [0.2, 0.25) is 0 Å². The Morgan fingerprint density at radius 1 is 1.08 bits per heavy atom. The zero-order chi connectivity index (χ0) is 19.5. The second kappa shape index (κ2) is 7.86. The van der Waals surface area contributed by atoms with Crippen molar-refractivity contribution in [3.05, 3.63) is 65.5 Å². The third kappa shape index (κ3) is 4.60. The van der Waals surface area contributed by atoms with E-state index in [0.29, 0.717) is 0 Å². The fraction of sp³-hybridized carbons (Fsp3) is 0.316. The first-order valence-corrected chi connectivity index (χ1v) is 10.1. The summed E-state index contributed by atoms with van der Waals surface area (Å²) in [6.07, 6.45) is 0.951. The maximum Gasteiger partial charge on any atom is 0.244 e. The topological polar surface area (TPSA) is 66.5 Å². The van der Waals surface area contributed by atoms with Gasteiger partial charge in [-0.25, -0.2) is 12.8 Å². The van der Waals surface area contributed by atoms with Gasteiger partial charge in [-0.05, 0) is 38.5 Å². The summed E-state index contributed by atoms with van der Waals surface area (Å²) in [7, 11) is -3.86. The molecule has 1 N–H and O–H groups in total. The molecule has 0 bridgehead atoms. The van der Waals surface area contributed by atoms with Crippen molar-refractivity contribution in [2.24, 2.45) is 0 Å². The minimum absolute atomic E-state index is 0.152. The van der Waals surface area contributed by atoms with Crippen LogP contribution in [0.15, 0.2) is 48.5 Å². The summed E-state index contributed by atoms with van der Waals surface area (Å²) in [4.78, 5) is 12.6. The number of para-hydroxylation sites is 1. The SMILES string of the molecule is Cc1ccc([C@H](C)NC(=O)[C@H](C)N(c2ccccc2F)S(C)(=O)=O)cc1. The second-order valence-electron chi connectivity index (χ2n) is 6.33. The van der Waals surface area contributed by atoms with Gasteiger partial charge in [0, 0.05) is 0 Å². The lowest BCUT2D eigenvalue weighted by molar-refractivity contribution is -0.122. The van der Waals surface area contributed by atoms with Crippen LogP contribution in [0, 0.1) is 12.7 Å².